The molecule has 0 bridgehead atoms. The Bertz CT molecular complexity index is 356. The van der Waals surface area contributed by atoms with Gasteiger partial charge in [0.15, 0.2) is 0 Å². The second-order valence-corrected chi connectivity index (χ2v) is 5.53. The molecule has 0 radical (unpaired) electrons. The summed E-state index contributed by atoms with van der Waals surface area (Å²) in [5.74, 6) is 3.55. The molecule has 2 heterocycles. The second-order valence-electron chi connectivity index (χ2n) is 4.38. The van der Waals surface area contributed by atoms with Gasteiger partial charge in [0.05, 0.1) is 5.69 Å². The van der Waals surface area contributed by atoms with Crippen LogP contribution in [-0.4, -0.2) is 35.6 Å². The quantitative estimate of drug-likeness (QED) is 0.887. The fraction of sp³-hybridized carbons (Fsp3) is 0.615. The lowest BCUT2D eigenvalue weighted by molar-refractivity contribution is 0.676. The van der Waals surface area contributed by atoms with Gasteiger partial charge in [-0.3, -0.25) is 0 Å². The van der Waals surface area contributed by atoms with Gasteiger partial charge >= 0.3 is 0 Å². The van der Waals surface area contributed by atoms with Gasteiger partial charge in [-0.15, -0.1) is 0 Å². The van der Waals surface area contributed by atoms with Gasteiger partial charge in [-0.25, -0.2) is 4.98 Å². The van der Waals surface area contributed by atoms with E-state index in [1.807, 2.05) is 11.8 Å². The lowest BCUT2D eigenvalue weighted by atomic mass is 10.2. The van der Waals surface area contributed by atoms with Crippen molar-refractivity contribution in [3.63, 3.8) is 0 Å². The van der Waals surface area contributed by atoms with Gasteiger partial charge in [0.2, 0.25) is 0 Å². The number of anilines is 1. The maximum Gasteiger partial charge on any atom is 0.129 e. The predicted molar refractivity (Wildman–Crippen MR) is 75.8 cm³/mol. The van der Waals surface area contributed by atoms with Crippen LogP contribution in [0.25, 0.3) is 0 Å². The topological polar surface area (TPSA) is 28.2 Å². The summed E-state index contributed by atoms with van der Waals surface area (Å²) in [4.78, 5) is 7.16. The van der Waals surface area contributed by atoms with Gasteiger partial charge in [0, 0.05) is 30.6 Å². The first kappa shape index (κ1) is 12.7. The highest BCUT2D eigenvalue weighted by Crippen LogP contribution is 2.22. The minimum Gasteiger partial charge on any atom is -0.352 e. The van der Waals surface area contributed by atoms with Crippen LogP contribution in [0.5, 0.6) is 0 Å². The van der Waals surface area contributed by atoms with E-state index in [9.17, 15) is 0 Å². The summed E-state index contributed by atoms with van der Waals surface area (Å²) in [5, 5.41) is 3.32. The van der Waals surface area contributed by atoms with Crippen molar-refractivity contribution in [1.82, 2.24) is 10.3 Å². The molecule has 1 aromatic heterocycles. The Labute approximate surface area is 108 Å². The summed E-state index contributed by atoms with van der Waals surface area (Å²) in [7, 11) is 0. The SMILES string of the molecule is CCNCc1cccc(N2CCSCC2C)n1. The van der Waals surface area contributed by atoms with Gasteiger partial charge in [-0.2, -0.15) is 11.8 Å². The fourth-order valence-corrected chi connectivity index (χ4v) is 3.06. The Balaban J connectivity index is 2.08. The van der Waals surface area contributed by atoms with Crippen molar-refractivity contribution in [1.29, 1.82) is 0 Å². The van der Waals surface area contributed by atoms with Crippen LogP contribution in [0.2, 0.25) is 0 Å². The van der Waals surface area contributed by atoms with Crippen molar-refractivity contribution in [3.8, 4) is 0 Å². The third-order valence-electron chi connectivity index (χ3n) is 3.01. The molecule has 1 aromatic rings. The molecule has 1 fully saturated rings. The van der Waals surface area contributed by atoms with Crippen molar-refractivity contribution in [3.05, 3.63) is 23.9 Å². The zero-order valence-electron chi connectivity index (χ0n) is 10.6. The van der Waals surface area contributed by atoms with E-state index in [1.54, 1.807) is 0 Å². The van der Waals surface area contributed by atoms with E-state index in [1.165, 1.54) is 11.5 Å². The highest BCUT2D eigenvalue weighted by Gasteiger charge is 2.19. The monoisotopic (exact) mass is 251 g/mol. The van der Waals surface area contributed by atoms with E-state index in [0.29, 0.717) is 6.04 Å². The summed E-state index contributed by atoms with van der Waals surface area (Å²) in [6.07, 6.45) is 0. The summed E-state index contributed by atoms with van der Waals surface area (Å²) in [6, 6.07) is 6.93. The molecule has 2 rings (SSSR count). The van der Waals surface area contributed by atoms with Gasteiger partial charge in [0.1, 0.15) is 5.82 Å². The normalized spacial score (nSPS) is 20.6. The maximum absolute atomic E-state index is 4.74. The number of nitrogens with one attached hydrogen (secondary N) is 1. The van der Waals surface area contributed by atoms with Crippen molar-refractivity contribution in [2.45, 2.75) is 26.4 Å². The molecule has 3 nitrogen and oxygen atoms in total. The summed E-state index contributed by atoms with van der Waals surface area (Å²) in [5.41, 5.74) is 1.13. The minimum absolute atomic E-state index is 0.593. The third-order valence-corrected chi connectivity index (χ3v) is 4.20. The maximum atomic E-state index is 4.74. The lowest BCUT2D eigenvalue weighted by Crippen LogP contribution is -2.41. The van der Waals surface area contributed by atoms with E-state index in [4.69, 9.17) is 4.98 Å². The number of thioether (sulfide) groups is 1. The molecule has 0 aromatic carbocycles. The number of aromatic nitrogens is 1. The zero-order chi connectivity index (χ0) is 12.1. The Morgan fingerprint density at radius 1 is 1.53 bits per heavy atom. The number of rotatable bonds is 4. The van der Waals surface area contributed by atoms with Crippen LogP contribution in [0.15, 0.2) is 18.2 Å². The number of hydrogen-bond acceptors (Lipinski definition) is 4. The van der Waals surface area contributed by atoms with E-state index in [0.717, 1.165) is 31.1 Å². The number of nitrogens with zero attached hydrogens (tertiary/aromatic N) is 2. The molecule has 0 saturated carbocycles. The smallest absolute Gasteiger partial charge is 0.129 e. The van der Waals surface area contributed by atoms with Crippen LogP contribution in [0, 0.1) is 0 Å². The third kappa shape index (κ3) is 3.36. The molecule has 0 aliphatic carbocycles. The van der Waals surface area contributed by atoms with Crippen LogP contribution < -0.4 is 10.2 Å². The molecule has 94 valence electrons. The van der Waals surface area contributed by atoms with Crippen molar-refractivity contribution in [2.24, 2.45) is 0 Å². The molecule has 1 N–H and O–H groups in total. The minimum atomic E-state index is 0.593. The standard InChI is InChI=1S/C13H21N3S/c1-3-14-9-12-5-4-6-13(15-12)16-7-8-17-10-11(16)2/h4-6,11,14H,3,7-10H2,1-2H3. The molecule has 1 saturated heterocycles. The van der Waals surface area contributed by atoms with Crippen LogP contribution in [-0.2, 0) is 6.54 Å². The fourth-order valence-electron chi connectivity index (χ4n) is 2.05. The van der Waals surface area contributed by atoms with Crippen LogP contribution >= 0.6 is 11.8 Å². The highest BCUT2D eigenvalue weighted by atomic mass is 32.2. The summed E-state index contributed by atoms with van der Waals surface area (Å²) in [6.45, 7) is 7.37. The van der Waals surface area contributed by atoms with Crippen molar-refractivity contribution < 1.29 is 0 Å². The first-order valence-electron chi connectivity index (χ1n) is 6.32. The predicted octanol–water partition coefficient (Wildman–Crippen LogP) is 2.13. The Morgan fingerprint density at radius 2 is 2.41 bits per heavy atom. The van der Waals surface area contributed by atoms with E-state index in [2.05, 4.69) is 42.3 Å². The van der Waals surface area contributed by atoms with Crippen molar-refractivity contribution >= 4 is 17.6 Å². The van der Waals surface area contributed by atoms with Crippen LogP contribution in [0.1, 0.15) is 19.5 Å². The van der Waals surface area contributed by atoms with Crippen LogP contribution in [0.3, 0.4) is 0 Å². The Morgan fingerprint density at radius 3 is 3.18 bits per heavy atom. The van der Waals surface area contributed by atoms with Gasteiger partial charge in [-0.05, 0) is 25.6 Å². The van der Waals surface area contributed by atoms with Gasteiger partial charge < -0.3 is 10.2 Å². The van der Waals surface area contributed by atoms with Gasteiger partial charge in [-0.1, -0.05) is 13.0 Å². The van der Waals surface area contributed by atoms with Crippen molar-refractivity contribution in [2.75, 3.05) is 29.5 Å². The van der Waals surface area contributed by atoms with E-state index in [-0.39, 0.29) is 0 Å². The molecular weight excluding hydrogens is 230 g/mol. The Kier molecular flexibility index (Phi) is 4.68. The average molecular weight is 251 g/mol. The molecule has 1 atom stereocenters. The molecule has 17 heavy (non-hydrogen) atoms. The molecule has 0 amide bonds. The number of pyridine rings is 1. The number of hydrogen-bond donors (Lipinski definition) is 1. The Hall–Kier alpha value is -0.740. The average Bonchev–Trinajstić information content (AvgIpc) is 2.37. The first-order chi connectivity index (χ1) is 8.31. The van der Waals surface area contributed by atoms with E-state index >= 15 is 0 Å². The molecule has 1 unspecified atom stereocenters. The lowest BCUT2D eigenvalue weighted by Gasteiger charge is -2.34. The molecule has 4 heteroatoms. The summed E-state index contributed by atoms with van der Waals surface area (Å²) < 4.78 is 0. The molecule has 1 aliphatic rings. The summed E-state index contributed by atoms with van der Waals surface area (Å²) >= 11 is 2.04. The molecule has 0 spiro atoms. The molecular formula is C13H21N3S. The molecule has 1 aliphatic heterocycles. The first-order valence-corrected chi connectivity index (χ1v) is 7.47. The largest absolute Gasteiger partial charge is 0.352 e. The second kappa shape index (κ2) is 6.26. The van der Waals surface area contributed by atoms with Gasteiger partial charge in [0.25, 0.3) is 0 Å². The van der Waals surface area contributed by atoms with E-state index < -0.39 is 0 Å². The van der Waals surface area contributed by atoms with Crippen LogP contribution in [0.4, 0.5) is 5.82 Å². The zero-order valence-corrected chi connectivity index (χ0v) is 11.5. The highest BCUT2D eigenvalue weighted by molar-refractivity contribution is 7.99.